The normalized spacial score (nSPS) is 15.2. The van der Waals surface area contributed by atoms with Crippen molar-refractivity contribution in [2.75, 3.05) is 0 Å². The molecule has 0 aromatic rings. The Balaban J connectivity index is 3.92. The van der Waals surface area contributed by atoms with Crippen LogP contribution in [-0.2, 0) is 10.1 Å². The lowest BCUT2D eigenvalue weighted by atomic mass is 10.0. The van der Waals surface area contributed by atoms with Gasteiger partial charge in [-0.15, -0.1) is 0 Å². The molecule has 0 rings (SSSR count). The molecule has 0 aromatic heterocycles. The summed E-state index contributed by atoms with van der Waals surface area (Å²) in [7, 11) is -4.39. The van der Waals surface area contributed by atoms with Gasteiger partial charge in [0.15, 0.2) is 4.93 Å². The van der Waals surface area contributed by atoms with Crippen molar-refractivity contribution >= 4 is 10.1 Å². The maximum absolute atomic E-state index is 11.3. The van der Waals surface area contributed by atoms with E-state index < -0.39 is 15.1 Å². The van der Waals surface area contributed by atoms with Gasteiger partial charge >= 0.3 is 0 Å². The highest BCUT2D eigenvalue weighted by molar-refractivity contribution is 7.87. The fourth-order valence-electron chi connectivity index (χ4n) is 2.37. The van der Waals surface area contributed by atoms with Crippen molar-refractivity contribution in [3.05, 3.63) is 0 Å². The van der Waals surface area contributed by atoms with Crippen LogP contribution in [0, 0.1) is 0 Å². The molecule has 0 saturated heterocycles. The van der Waals surface area contributed by atoms with Crippen molar-refractivity contribution in [3.8, 4) is 0 Å². The summed E-state index contributed by atoms with van der Waals surface area (Å²) in [4.78, 5) is -1.94. The van der Waals surface area contributed by atoms with Gasteiger partial charge in [-0.3, -0.25) is 4.55 Å². The van der Waals surface area contributed by atoms with Gasteiger partial charge in [0, 0.05) is 0 Å². The molecule has 0 bridgehead atoms. The standard InChI is InChI=1S/C15H32O4S/c1-3-5-7-8-9-10-11-12-14-15(16,13-6-4-2)20(17,18)19/h16H,3-14H2,1-2H3,(H,17,18,19). The molecular weight excluding hydrogens is 276 g/mol. The number of hydrogen-bond acceptors (Lipinski definition) is 3. The van der Waals surface area contributed by atoms with E-state index in [0.717, 1.165) is 19.3 Å². The molecule has 0 fully saturated rings. The van der Waals surface area contributed by atoms with E-state index in [0.29, 0.717) is 12.8 Å². The lowest BCUT2D eigenvalue weighted by Gasteiger charge is -2.24. The lowest BCUT2D eigenvalue weighted by Crippen LogP contribution is -2.38. The summed E-state index contributed by atoms with van der Waals surface area (Å²) < 4.78 is 31.8. The number of hydrogen-bond donors (Lipinski definition) is 2. The van der Waals surface area contributed by atoms with Gasteiger partial charge in [0.2, 0.25) is 0 Å². The Morgan fingerprint density at radius 1 is 0.750 bits per heavy atom. The maximum atomic E-state index is 11.3. The minimum Gasteiger partial charge on any atom is -0.372 e. The summed E-state index contributed by atoms with van der Waals surface area (Å²) in [5.41, 5.74) is 0. The third-order valence-corrected chi connectivity index (χ3v) is 5.19. The first-order valence-electron chi connectivity index (χ1n) is 8.06. The first-order valence-corrected chi connectivity index (χ1v) is 9.51. The van der Waals surface area contributed by atoms with Crippen LogP contribution in [0.15, 0.2) is 0 Å². The molecule has 1 atom stereocenters. The lowest BCUT2D eigenvalue weighted by molar-refractivity contribution is 0.0890. The van der Waals surface area contributed by atoms with Gasteiger partial charge in [0.05, 0.1) is 0 Å². The van der Waals surface area contributed by atoms with E-state index in [1.807, 2.05) is 6.92 Å². The minimum atomic E-state index is -4.39. The van der Waals surface area contributed by atoms with Crippen LogP contribution in [0.4, 0.5) is 0 Å². The van der Waals surface area contributed by atoms with E-state index in [-0.39, 0.29) is 12.8 Å². The summed E-state index contributed by atoms with van der Waals surface area (Å²) >= 11 is 0. The highest BCUT2D eigenvalue weighted by Gasteiger charge is 2.39. The van der Waals surface area contributed by atoms with Crippen molar-refractivity contribution in [1.82, 2.24) is 0 Å². The van der Waals surface area contributed by atoms with Gasteiger partial charge in [0.25, 0.3) is 10.1 Å². The second kappa shape index (κ2) is 10.6. The van der Waals surface area contributed by atoms with Crippen molar-refractivity contribution in [3.63, 3.8) is 0 Å². The molecule has 0 aromatic carbocycles. The van der Waals surface area contributed by atoms with Crippen LogP contribution in [0.1, 0.15) is 90.9 Å². The molecule has 0 heterocycles. The molecule has 0 aliphatic heterocycles. The van der Waals surface area contributed by atoms with Crippen LogP contribution in [0.2, 0.25) is 0 Å². The predicted octanol–water partition coefficient (Wildman–Crippen LogP) is 4.28. The minimum absolute atomic E-state index is 0.124. The largest absolute Gasteiger partial charge is 0.372 e. The Morgan fingerprint density at radius 2 is 1.15 bits per heavy atom. The predicted molar refractivity (Wildman–Crippen MR) is 83.3 cm³/mol. The Hall–Kier alpha value is -0.130. The van der Waals surface area contributed by atoms with E-state index in [1.54, 1.807) is 0 Å². The fraction of sp³-hybridized carbons (Fsp3) is 1.00. The van der Waals surface area contributed by atoms with Crippen molar-refractivity contribution in [2.24, 2.45) is 0 Å². The van der Waals surface area contributed by atoms with E-state index in [4.69, 9.17) is 0 Å². The topological polar surface area (TPSA) is 74.6 Å². The average molecular weight is 308 g/mol. The number of rotatable bonds is 13. The van der Waals surface area contributed by atoms with Crippen LogP contribution in [0.3, 0.4) is 0 Å². The molecule has 0 radical (unpaired) electrons. The Kier molecular flexibility index (Phi) is 10.5. The highest BCUT2D eigenvalue weighted by atomic mass is 32.2. The van der Waals surface area contributed by atoms with E-state index in [9.17, 15) is 18.1 Å². The Bertz CT molecular complexity index is 327. The second-order valence-corrected chi connectivity index (χ2v) is 7.46. The van der Waals surface area contributed by atoms with Crippen LogP contribution in [-0.4, -0.2) is 23.0 Å². The molecule has 1 unspecified atom stereocenters. The quantitative estimate of drug-likeness (QED) is 0.393. The summed E-state index contributed by atoms with van der Waals surface area (Å²) in [5, 5.41) is 10.1. The molecule has 5 heteroatoms. The van der Waals surface area contributed by atoms with Gasteiger partial charge in [-0.25, -0.2) is 0 Å². The van der Waals surface area contributed by atoms with Crippen LogP contribution < -0.4 is 0 Å². The molecule has 122 valence electrons. The van der Waals surface area contributed by atoms with Crippen molar-refractivity contribution in [2.45, 2.75) is 95.8 Å². The highest BCUT2D eigenvalue weighted by Crippen LogP contribution is 2.27. The maximum Gasteiger partial charge on any atom is 0.294 e. The van der Waals surface area contributed by atoms with Gasteiger partial charge in [-0.1, -0.05) is 65.2 Å². The molecule has 4 nitrogen and oxygen atoms in total. The van der Waals surface area contributed by atoms with Crippen LogP contribution >= 0.6 is 0 Å². The third kappa shape index (κ3) is 8.22. The molecule has 0 saturated carbocycles. The zero-order chi connectivity index (χ0) is 15.5. The smallest absolute Gasteiger partial charge is 0.294 e. The molecule has 2 N–H and O–H groups in total. The average Bonchev–Trinajstić information content (AvgIpc) is 2.38. The van der Waals surface area contributed by atoms with Crippen LogP contribution in [0.5, 0.6) is 0 Å². The first-order chi connectivity index (χ1) is 9.37. The molecule has 0 aliphatic rings. The van der Waals surface area contributed by atoms with Gasteiger partial charge < -0.3 is 5.11 Å². The zero-order valence-electron chi connectivity index (χ0n) is 13.1. The number of unbranched alkanes of at least 4 members (excludes halogenated alkanes) is 8. The zero-order valence-corrected chi connectivity index (χ0v) is 13.9. The monoisotopic (exact) mass is 308 g/mol. The van der Waals surface area contributed by atoms with Crippen LogP contribution in [0.25, 0.3) is 0 Å². The summed E-state index contributed by atoms with van der Waals surface area (Å²) in [6.07, 6.45) is 10.5. The Morgan fingerprint density at radius 3 is 1.60 bits per heavy atom. The van der Waals surface area contributed by atoms with Gasteiger partial charge in [-0.05, 0) is 25.7 Å². The molecule has 0 spiro atoms. The van der Waals surface area contributed by atoms with E-state index >= 15 is 0 Å². The third-order valence-electron chi connectivity index (χ3n) is 3.82. The van der Waals surface area contributed by atoms with Crippen molar-refractivity contribution < 1.29 is 18.1 Å². The van der Waals surface area contributed by atoms with Gasteiger partial charge in [-0.2, -0.15) is 8.42 Å². The first kappa shape index (κ1) is 19.9. The fourth-order valence-corrected chi connectivity index (χ4v) is 3.18. The summed E-state index contributed by atoms with van der Waals surface area (Å²) in [5.74, 6) is 0. The van der Waals surface area contributed by atoms with Crippen molar-refractivity contribution in [1.29, 1.82) is 0 Å². The molecular formula is C15H32O4S. The summed E-state index contributed by atoms with van der Waals surface area (Å²) in [6.45, 7) is 4.12. The van der Waals surface area contributed by atoms with Gasteiger partial charge in [0.1, 0.15) is 0 Å². The second-order valence-electron chi connectivity index (χ2n) is 5.75. The molecule has 0 amide bonds. The van der Waals surface area contributed by atoms with E-state index in [1.165, 1.54) is 32.1 Å². The van der Waals surface area contributed by atoms with E-state index in [2.05, 4.69) is 6.92 Å². The Labute approximate surface area is 124 Å². The molecule has 20 heavy (non-hydrogen) atoms. The SMILES string of the molecule is CCCCCCCCCCC(O)(CCCC)S(=O)(=O)O. The molecule has 0 aliphatic carbocycles. The summed E-state index contributed by atoms with van der Waals surface area (Å²) in [6, 6.07) is 0. The number of aliphatic hydroxyl groups is 1.